The van der Waals surface area contributed by atoms with Crippen LogP contribution in [0.5, 0.6) is 0 Å². The van der Waals surface area contributed by atoms with Crippen LogP contribution < -0.4 is 10.6 Å². The SMILES string of the molecule is Cc1ccc2nc(Cl)c(C3SC(=Cc4ccc(Cl)cc4)C(=O)N3n3c(-c4ccc(Cl)cc4)nc4ccccc4c3=O)cc2c1. The summed E-state index contributed by atoms with van der Waals surface area (Å²) in [6, 6.07) is 29.1. The number of carbonyl (C=O) groups is 1. The van der Waals surface area contributed by atoms with Crippen molar-refractivity contribution in [2.45, 2.75) is 12.3 Å². The summed E-state index contributed by atoms with van der Waals surface area (Å²) < 4.78 is 1.35. The second-order valence-corrected chi connectivity index (χ2v) is 12.7. The Morgan fingerprint density at radius 1 is 0.795 bits per heavy atom. The average Bonchev–Trinajstić information content (AvgIpc) is 3.33. The third-order valence-electron chi connectivity index (χ3n) is 7.34. The van der Waals surface area contributed by atoms with E-state index in [0.717, 1.165) is 22.0 Å². The van der Waals surface area contributed by atoms with Crippen LogP contribution in [0.25, 0.3) is 39.3 Å². The predicted molar refractivity (Wildman–Crippen MR) is 181 cm³/mol. The first-order valence-corrected chi connectivity index (χ1v) is 15.6. The fourth-order valence-electron chi connectivity index (χ4n) is 5.21. The highest BCUT2D eigenvalue weighted by molar-refractivity contribution is 8.05. The molecule has 1 amide bonds. The monoisotopic (exact) mass is 654 g/mol. The Bertz CT molecular complexity index is 2200. The molecule has 0 spiro atoms. The number of hydrogen-bond donors (Lipinski definition) is 0. The van der Waals surface area contributed by atoms with E-state index in [1.165, 1.54) is 21.4 Å². The topological polar surface area (TPSA) is 68.1 Å². The molecule has 44 heavy (non-hydrogen) atoms. The zero-order valence-corrected chi connectivity index (χ0v) is 26.1. The summed E-state index contributed by atoms with van der Waals surface area (Å²) in [6.45, 7) is 2.00. The van der Waals surface area contributed by atoms with Crippen molar-refractivity contribution in [2.75, 3.05) is 5.01 Å². The third kappa shape index (κ3) is 5.16. The summed E-state index contributed by atoms with van der Waals surface area (Å²) in [4.78, 5) is 38.8. The molecule has 0 radical (unpaired) electrons. The molecule has 4 aromatic carbocycles. The second-order valence-electron chi connectivity index (χ2n) is 10.3. The van der Waals surface area contributed by atoms with Gasteiger partial charge in [-0.2, -0.15) is 4.68 Å². The van der Waals surface area contributed by atoms with Gasteiger partial charge in [0.05, 0.1) is 21.3 Å². The second kappa shape index (κ2) is 11.4. The minimum atomic E-state index is -0.738. The molecule has 1 fully saturated rings. The molecule has 1 aliphatic rings. The number of fused-ring (bicyclic) bond motifs is 2. The first-order valence-electron chi connectivity index (χ1n) is 13.6. The Kier molecular flexibility index (Phi) is 7.42. The lowest BCUT2D eigenvalue weighted by Gasteiger charge is -2.28. The molecule has 10 heteroatoms. The molecule has 1 saturated heterocycles. The molecule has 1 atom stereocenters. The minimum absolute atomic E-state index is 0.235. The summed E-state index contributed by atoms with van der Waals surface area (Å²) in [5, 5.41) is 3.29. The Hall–Kier alpha value is -4.14. The highest BCUT2D eigenvalue weighted by atomic mass is 35.5. The molecule has 3 heterocycles. The number of thioether (sulfide) groups is 1. The van der Waals surface area contributed by atoms with Gasteiger partial charge in [-0.25, -0.2) is 15.0 Å². The zero-order valence-electron chi connectivity index (χ0n) is 23.0. The minimum Gasteiger partial charge on any atom is -0.267 e. The molecule has 6 nitrogen and oxygen atoms in total. The Labute approximate surface area is 271 Å². The lowest BCUT2D eigenvalue weighted by molar-refractivity contribution is -0.115. The molecule has 0 saturated carbocycles. The number of benzene rings is 4. The molecular weight excluding hydrogens is 635 g/mol. The number of aryl methyl sites for hydroxylation is 1. The Balaban J connectivity index is 1.50. The van der Waals surface area contributed by atoms with E-state index in [1.807, 2.05) is 49.4 Å². The number of hydrogen-bond acceptors (Lipinski definition) is 5. The quantitative estimate of drug-likeness (QED) is 0.140. The van der Waals surface area contributed by atoms with Crippen molar-refractivity contribution >= 4 is 80.4 Å². The van der Waals surface area contributed by atoms with Crippen molar-refractivity contribution < 1.29 is 4.79 Å². The number of nitrogens with zero attached hydrogens (tertiary/aromatic N) is 4. The molecule has 2 aromatic heterocycles. The molecular formula is C34H21Cl3N4O2S. The van der Waals surface area contributed by atoms with Gasteiger partial charge in [0.15, 0.2) is 5.82 Å². The van der Waals surface area contributed by atoms with E-state index in [0.29, 0.717) is 37.0 Å². The zero-order chi connectivity index (χ0) is 30.5. The van der Waals surface area contributed by atoms with Crippen LogP contribution in [0.3, 0.4) is 0 Å². The molecule has 0 bridgehead atoms. The maximum atomic E-state index is 14.5. The van der Waals surface area contributed by atoms with Gasteiger partial charge in [0.25, 0.3) is 11.5 Å². The van der Waals surface area contributed by atoms with E-state index < -0.39 is 10.9 Å². The molecule has 6 aromatic rings. The van der Waals surface area contributed by atoms with Crippen molar-refractivity contribution in [1.82, 2.24) is 14.6 Å². The van der Waals surface area contributed by atoms with Gasteiger partial charge < -0.3 is 0 Å². The van der Waals surface area contributed by atoms with Crippen molar-refractivity contribution in [3.8, 4) is 11.4 Å². The summed E-state index contributed by atoms with van der Waals surface area (Å²) in [5.74, 6) is -0.0949. The van der Waals surface area contributed by atoms with Crippen LogP contribution in [0.15, 0.2) is 107 Å². The van der Waals surface area contributed by atoms with Crippen LogP contribution in [0.1, 0.15) is 22.1 Å². The molecule has 0 aliphatic carbocycles. The lowest BCUT2D eigenvalue weighted by atomic mass is 10.1. The number of amides is 1. The predicted octanol–water partition coefficient (Wildman–Crippen LogP) is 8.83. The van der Waals surface area contributed by atoms with Crippen LogP contribution in [-0.2, 0) is 4.79 Å². The van der Waals surface area contributed by atoms with Crippen LogP contribution >= 0.6 is 46.6 Å². The lowest BCUT2D eigenvalue weighted by Crippen LogP contribution is -2.46. The molecule has 1 unspecified atom stereocenters. The highest BCUT2D eigenvalue weighted by Gasteiger charge is 2.42. The number of rotatable bonds is 4. The number of pyridine rings is 1. The molecule has 0 N–H and O–H groups in total. The maximum absolute atomic E-state index is 14.5. The standard InChI is InChI=1S/C34H21Cl3N4O2S/c1-19-6-15-27-22(16-19)18-26(30(37)38-27)34-41(33(43)29(44-34)17-20-7-11-23(35)12-8-20)40-31(21-9-13-24(36)14-10-21)39-28-5-3-2-4-25(28)32(40)42/h2-18,34H,1H3. The third-order valence-corrected chi connectivity index (χ3v) is 9.37. The highest BCUT2D eigenvalue weighted by Crippen LogP contribution is 2.47. The van der Waals surface area contributed by atoms with Gasteiger partial charge in [-0.05, 0) is 85.3 Å². The number of halogens is 3. The van der Waals surface area contributed by atoms with Crippen LogP contribution in [0.2, 0.25) is 15.2 Å². The van der Waals surface area contributed by atoms with Gasteiger partial charge in [0.2, 0.25) is 0 Å². The van der Waals surface area contributed by atoms with E-state index in [4.69, 9.17) is 39.8 Å². The largest absolute Gasteiger partial charge is 0.280 e. The fraction of sp³-hybridized carbons (Fsp3) is 0.0588. The van der Waals surface area contributed by atoms with Crippen LogP contribution in [0, 0.1) is 6.92 Å². The van der Waals surface area contributed by atoms with Crippen molar-refractivity contribution in [3.63, 3.8) is 0 Å². The summed E-state index contributed by atoms with van der Waals surface area (Å²) in [5.41, 5.74) is 3.88. The maximum Gasteiger partial charge on any atom is 0.280 e. The van der Waals surface area contributed by atoms with Crippen molar-refractivity contribution in [2.24, 2.45) is 0 Å². The normalized spacial score (nSPS) is 16.0. The number of carbonyl (C=O) groups excluding carboxylic acids is 1. The molecule has 7 rings (SSSR count). The van der Waals surface area contributed by atoms with Crippen molar-refractivity contribution in [1.29, 1.82) is 0 Å². The van der Waals surface area contributed by atoms with Gasteiger partial charge in [-0.15, -0.1) is 0 Å². The smallest absolute Gasteiger partial charge is 0.267 e. The van der Waals surface area contributed by atoms with Crippen LogP contribution in [-0.4, -0.2) is 20.6 Å². The van der Waals surface area contributed by atoms with E-state index in [9.17, 15) is 9.59 Å². The first-order chi connectivity index (χ1) is 21.3. The number of para-hydroxylation sites is 1. The van der Waals surface area contributed by atoms with E-state index in [1.54, 1.807) is 60.7 Å². The molecule has 1 aliphatic heterocycles. The van der Waals surface area contributed by atoms with Gasteiger partial charge >= 0.3 is 0 Å². The van der Waals surface area contributed by atoms with Crippen molar-refractivity contribution in [3.05, 3.63) is 144 Å². The summed E-state index contributed by atoms with van der Waals surface area (Å²) in [7, 11) is 0. The van der Waals surface area contributed by atoms with Gasteiger partial charge in [-0.1, -0.05) is 82.5 Å². The average molecular weight is 656 g/mol. The van der Waals surface area contributed by atoms with Gasteiger partial charge in [0.1, 0.15) is 10.5 Å². The van der Waals surface area contributed by atoms with Crippen LogP contribution in [0.4, 0.5) is 0 Å². The number of aromatic nitrogens is 3. The van der Waals surface area contributed by atoms with Gasteiger partial charge in [0, 0.05) is 26.6 Å². The first kappa shape index (κ1) is 28.6. The van der Waals surface area contributed by atoms with E-state index >= 15 is 0 Å². The summed E-state index contributed by atoms with van der Waals surface area (Å²) in [6.07, 6.45) is 1.78. The van der Waals surface area contributed by atoms with E-state index in [-0.39, 0.29) is 16.9 Å². The van der Waals surface area contributed by atoms with E-state index in [2.05, 4.69) is 4.98 Å². The molecule has 216 valence electrons. The fourth-order valence-corrected chi connectivity index (χ4v) is 7.01. The Morgan fingerprint density at radius 3 is 2.25 bits per heavy atom. The Morgan fingerprint density at radius 2 is 1.50 bits per heavy atom. The summed E-state index contributed by atoms with van der Waals surface area (Å²) >= 11 is 20.5. The van der Waals surface area contributed by atoms with Gasteiger partial charge in [-0.3, -0.25) is 9.59 Å².